The molecule has 0 fully saturated rings. The summed E-state index contributed by atoms with van der Waals surface area (Å²) < 4.78 is 39.2. The van der Waals surface area contributed by atoms with E-state index in [1.807, 2.05) is 6.92 Å². The second-order valence-electron chi connectivity index (χ2n) is 4.59. The van der Waals surface area contributed by atoms with Crippen molar-refractivity contribution in [2.45, 2.75) is 25.9 Å². The first kappa shape index (κ1) is 15.8. The van der Waals surface area contributed by atoms with E-state index < -0.39 is 11.7 Å². The first-order valence-electron chi connectivity index (χ1n) is 6.31. The molecule has 2 aromatic rings. The minimum absolute atomic E-state index is 0.0959. The van der Waals surface area contributed by atoms with Crippen LogP contribution in [-0.2, 0) is 12.6 Å². The van der Waals surface area contributed by atoms with Gasteiger partial charge in [-0.15, -0.1) is 0 Å². The lowest BCUT2D eigenvalue weighted by atomic mass is 10.1. The second kappa shape index (κ2) is 6.03. The van der Waals surface area contributed by atoms with Crippen LogP contribution in [0.1, 0.15) is 23.2 Å². The average molecular weight is 319 g/mol. The Morgan fingerprint density at radius 3 is 2.62 bits per heavy atom. The van der Waals surface area contributed by atoms with Gasteiger partial charge < -0.3 is 5.73 Å². The van der Waals surface area contributed by atoms with Gasteiger partial charge in [0.2, 0.25) is 0 Å². The third-order valence-electron chi connectivity index (χ3n) is 3.11. The molecule has 0 saturated heterocycles. The van der Waals surface area contributed by atoms with Crippen LogP contribution in [0.2, 0.25) is 5.02 Å². The summed E-state index contributed by atoms with van der Waals surface area (Å²) in [5, 5.41) is 4.04. The monoisotopic (exact) mass is 318 g/mol. The number of alkyl halides is 3. The molecule has 0 spiro atoms. The molecule has 4 nitrogen and oxygen atoms in total. The molecule has 0 aliphatic rings. The van der Waals surface area contributed by atoms with Crippen LogP contribution in [0.3, 0.4) is 0 Å². The summed E-state index contributed by atoms with van der Waals surface area (Å²) >= 11 is 5.91. The van der Waals surface area contributed by atoms with Crippen LogP contribution in [0.25, 0.3) is 5.82 Å². The van der Waals surface area contributed by atoms with E-state index in [-0.39, 0.29) is 10.8 Å². The molecule has 2 N–H and O–H groups in total. The number of nitrogens with zero attached hydrogens (tertiary/aromatic N) is 3. The molecule has 2 heterocycles. The van der Waals surface area contributed by atoms with Gasteiger partial charge in [-0.1, -0.05) is 11.6 Å². The molecular weight excluding hydrogens is 305 g/mol. The average Bonchev–Trinajstić information content (AvgIpc) is 2.76. The maximum absolute atomic E-state index is 12.6. The minimum Gasteiger partial charge on any atom is -0.330 e. The van der Waals surface area contributed by atoms with Gasteiger partial charge >= 0.3 is 6.18 Å². The second-order valence-corrected chi connectivity index (χ2v) is 4.99. The van der Waals surface area contributed by atoms with Crippen LogP contribution in [-0.4, -0.2) is 21.3 Å². The maximum atomic E-state index is 12.6. The zero-order valence-electron chi connectivity index (χ0n) is 11.3. The highest BCUT2D eigenvalue weighted by Gasteiger charge is 2.31. The smallest absolute Gasteiger partial charge is 0.330 e. The molecule has 0 saturated carbocycles. The number of halogens is 4. The van der Waals surface area contributed by atoms with Crippen molar-refractivity contribution in [2.75, 3.05) is 6.54 Å². The molecule has 0 unspecified atom stereocenters. The molecule has 0 aromatic carbocycles. The third kappa shape index (κ3) is 3.36. The Labute approximate surface area is 124 Å². The summed E-state index contributed by atoms with van der Waals surface area (Å²) in [5.41, 5.74) is 6.33. The molecular formula is C13H14ClF3N4. The molecule has 2 rings (SSSR count). The number of hydrogen-bond donors (Lipinski definition) is 1. The number of pyridine rings is 1. The lowest BCUT2D eigenvalue weighted by Crippen LogP contribution is -2.09. The summed E-state index contributed by atoms with van der Waals surface area (Å²) in [7, 11) is 0. The fraction of sp³-hybridized carbons (Fsp3) is 0.385. The molecule has 0 aliphatic carbocycles. The molecule has 2 aromatic heterocycles. The predicted octanol–water partition coefficient (Wildman–Crippen LogP) is 3.14. The number of aryl methyl sites for hydroxylation is 1. The van der Waals surface area contributed by atoms with E-state index in [0.29, 0.717) is 6.54 Å². The standard InChI is InChI=1S/C13H14ClF3N4/c1-8-9(3-2-4-18)6-20-21(8)12-11(14)5-10(7-19-12)13(15,16)17/h5-7H,2-4,18H2,1H3. The lowest BCUT2D eigenvalue weighted by molar-refractivity contribution is -0.137. The Hall–Kier alpha value is -1.60. The predicted molar refractivity (Wildman–Crippen MR) is 73.5 cm³/mol. The highest BCUT2D eigenvalue weighted by Crippen LogP contribution is 2.32. The van der Waals surface area contributed by atoms with E-state index in [1.165, 1.54) is 4.68 Å². The summed E-state index contributed by atoms with van der Waals surface area (Å²) in [4.78, 5) is 3.79. The highest BCUT2D eigenvalue weighted by molar-refractivity contribution is 6.32. The minimum atomic E-state index is -4.47. The Kier molecular flexibility index (Phi) is 4.53. The van der Waals surface area contributed by atoms with Crippen LogP contribution in [0.5, 0.6) is 0 Å². The van der Waals surface area contributed by atoms with Crippen molar-refractivity contribution in [1.82, 2.24) is 14.8 Å². The zero-order valence-corrected chi connectivity index (χ0v) is 12.0. The fourth-order valence-corrected chi connectivity index (χ4v) is 2.18. The number of aromatic nitrogens is 3. The first-order chi connectivity index (χ1) is 9.84. The normalized spacial score (nSPS) is 11.9. The summed E-state index contributed by atoms with van der Waals surface area (Å²) in [5.74, 6) is 0.182. The highest BCUT2D eigenvalue weighted by atomic mass is 35.5. The number of nitrogens with two attached hydrogens (primary N) is 1. The Bertz CT molecular complexity index is 637. The van der Waals surface area contributed by atoms with Crippen molar-refractivity contribution < 1.29 is 13.2 Å². The van der Waals surface area contributed by atoms with Crippen molar-refractivity contribution >= 4 is 11.6 Å². The third-order valence-corrected chi connectivity index (χ3v) is 3.39. The van der Waals surface area contributed by atoms with Gasteiger partial charge in [0.25, 0.3) is 0 Å². The molecule has 0 atom stereocenters. The Morgan fingerprint density at radius 2 is 2.05 bits per heavy atom. The van der Waals surface area contributed by atoms with Crippen molar-refractivity contribution in [3.05, 3.63) is 40.3 Å². The van der Waals surface area contributed by atoms with E-state index in [0.717, 1.165) is 36.4 Å². The van der Waals surface area contributed by atoms with Gasteiger partial charge in [-0.25, -0.2) is 9.67 Å². The zero-order chi connectivity index (χ0) is 15.6. The SMILES string of the molecule is Cc1c(CCCN)cnn1-c1ncc(C(F)(F)F)cc1Cl. The van der Waals surface area contributed by atoms with E-state index in [4.69, 9.17) is 17.3 Å². The van der Waals surface area contributed by atoms with E-state index in [9.17, 15) is 13.2 Å². The van der Waals surface area contributed by atoms with Crippen molar-refractivity contribution in [1.29, 1.82) is 0 Å². The summed E-state index contributed by atoms with van der Waals surface area (Å²) in [6.07, 6.45) is -0.509. The van der Waals surface area contributed by atoms with E-state index >= 15 is 0 Å². The Morgan fingerprint density at radius 1 is 1.33 bits per heavy atom. The van der Waals surface area contributed by atoms with Gasteiger partial charge in [0, 0.05) is 11.9 Å². The van der Waals surface area contributed by atoms with Crippen molar-refractivity contribution in [3.63, 3.8) is 0 Å². The molecule has 0 aliphatic heterocycles. The number of hydrogen-bond acceptors (Lipinski definition) is 3. The van der Waals surface area contributed by atoms with Gasteiger partial charge in [0.1, 0.15) is 0 Å². The van der Waals surface area contributed by atoms with Crippen LogP contribution in [0.4, 0.5) is 13.2 Å². The molecule has 0 amide bonds. The lowest BCUT2D eigenvalue weighted by Gasteiger charge is -2.10. The van der Waals surface area contributed by atoms with Gasteiger partial charge in [-0.3, -0.25) is 0 Å². The fourth-order valence-electron chi connectivity index (χ4n) is 1.94. The van der Waals surface area contributed by atoms with Crippen molar-refractivity contribution in [3.8, 4) is 5.82 Å². The quantitative estimate of drug-likeness (QED) is 0.942. The van der Waals surface area contributed by atoms with Crippen LogP contribution >= 0.6 is 11.6 Å². The summed E-state index contributed by atoms with van der Waals surface area (Å²) in [6, 6.07) is 0.852. The summed E-state index contributed by atoms with van der Waals surface area (Å²) in [6.45, 7) is 2.37. The van der Waals surface area contributed by atoms with Crippen LogP contribution < -0.4 is 5.73 Å². The largest absolute Gasteiger partial charge is 0.417 e. The van der Waals surface area contributed by atoms with Gasteiger partial charge in [-0.05, 0) is 37.9 Å². The molecule has 0 radical (unpaired) electrons. The van der Waals surface area contributed by atoms with Crippen LogP contribution in [0, 0.1) is 6.92 Å². The van der Waals surface area contributed by atoms with Crippen molar-refractivity contribution in [2.24, 2.45) is 5.73 Å². The molecule has 21 heavy (non-hydrogen) atoms. The molecule has 0 bridgehead atoms. The maximum Gasteiger partial charge on any atom is 0.417 e. The van der Waals surface area contributed by atoms with E-state index in [2.05, 4.69) is 10.1 Å². The van der Waals surface area contributed by atoms with Gasteiger partial charge in [-0.2, -0.15) is 18.3 Å². The number of rotatable bonds is 4. The first-order valence-corrected chi connectivity index (χ1v) is 6.69. The van der Waals surface area contributed by atoms with Gasteiger partial charge in [0.05, 0.1) is 16.8 Å². The Balaban J connectivity index is 2.37. The molecule has 8 heteroatoms. The molecule has 114 valence electrons. The topological polar surface area (TPSA) is 56.7 Å². The van der Waals surface area contributed by atoms with E-state index in [1.54, 1.807) is 6.20 Å². The van der Waals surface area contributed by atoms with Gasteiger partial charge in [0.15, 0.2) is 5.82 Å². The van der Waals surface area contributed by atoms with Crippen LogP contribution in [0.15, 0.2) is 18.5 Å².